The minimum Gasteiger partial charge on any atom is -0.481 e. The summed E-state index contributed by atoms with van der Waals surface area (Å²) in [6.07, 6.45) is -1.38. The lowest BCUT2D eigenvalue weighted by Crippen LogP contribution is -2.58. The second-order valence-electron chi connectivity index (χ2n) is 8.38. The van der Waals surface area contributed by atoms with Crippen molar-refractivity contribution in [3.63, 3.8) is 0 Å². The maximum absolute atomic E-state index is 12.9. The van der Waals surface area contributed by atoms with Gasteiger partial charge in [-0.3, -0.25) is 28.8 Å². The van der Waals surface area contributed by atoms with Crippen molar-refractivity contribution >= 4 is 41.5 Å². The van der Waals surface area contributed by atoms with E-state index < -0.39 is 78.0 Å². The minimum atomic E-state index is -1.40. The third-order valence-electron chi connectivity index (χ3n) is 5.41. The fraction of sp³-hybridized carbons (Fsp3) is 0.667. The molecule has 0 fully saturated rings. The van der Waals surface area contributed by atoms with Crippen LogP contribution in [0.4, 0.5) is 0 Å². The highest BCUT2D eigenvalue weighted by Crippen LogP contribution is 2.10. The Bertz CT molecular complexity index is 835. The Balaban J connectivity index is 5.67. The number of amides is 5. The molecular weight excluding hydrogens is 480 g/mol. The Morgan fingerprint density at radius 1 is 0.722 bits per heavy atom. The van der Waals surface area contributed by atoms with Crippen LogP contribution in [0.3, 0.4) is 0 Å². The van der Waals surface area contributed by atoms with Crippen molar-refractivity contribution in [1.82, 2.24) is 16.0 Å². The normalized spacial score (nSPS) is 14.9. The predicted molar refractivity (Wildman–Crippen MR) is 125 cm³/mol. The van der Waals surface area contributed by atoms with Crippen LogP contribution in [0.15, 0.2) is 0 Å². The average molecular weight is 517 g/mol. The average Bonchev–Trinajstić information content (AvgIpc) is 2.79. The summed E-state index contributed by atoms with van der Waals surface area (Å²) in [5, 5.41) is 25.1. The van der Waals surface area contributed by atoms with E-state index >= 15 is 0 Å². The summed E-state index contributed by atoms with van der Waals surface area (Å²) in [6.45, 7) is 3.34. The van der Waals surface area contributed by atoms with Gasteiger partial charge in [0, 0.05) is 19.3 Å². The second-order valence-corrected chi connectivity index (χ2v) is 8.38. The molecule has 0 aromatic carbocycles. The van der Waals surface area contributed by atoms with Gasteiger partial charge in [-0.1, -0.05) is 20.3 Å². The van der Waals surface area contributed by atoms with Crippen molar-refractivity contribution in [2.75, 3.05) is 0 Å². The van der Waals surface area contributed by atoms with E-state index in [1.165, 1.54) is 0 Å². The van der Waals surface area contributed by atoms with Crippen LogP contribution in [-0.2, 0) is 33.6 Å². The van der Waals surface area contributed by atoms with Crippen LogP contribution in [-0.4, -0.2) is 75.9 Å². The zero-order chi connectivity index (χ0) is 28.0. The Morgan fingerprint density at radius 2 is 1.17 bits per heavy atom. The lowest BCUT2D eigenvalue weighted by molar-refractivity contribution is -0.144. The SMILES string of the molecule is CCC(C)C(NC(=O)C(CCC(N)=O)NC(=O)C(CCC(N)=O)NC(=O)C(N)CCC(=O)O)C(=O)O. The Hall–Kier alpha value is -3.75. The second kappa shape index (κ2) is 16.0. The summed E-state index contributed by atoms with van der Waals surface area (Å²) >= 11 is 0. The summed E-state index contributed by atoms with van der Waals surface area (Å²) < 4.78 is 0. The molecule has 0 radical (unpaired) electrons. The quantitative estimate of drug-likeness (QED) is 0.0932. The Kier molecular flexibility index (Phi) is 14.4. The first-order chi connectivity index (χ1) is 16.7. The molecule has 0 aliphatic heterocycles. The molecule has 0 rings (SSSR count). The lowest BCUT2D eigenvalue weighted by Gasteiger charge is -2.26. The Morgan fingerprint density at radius 3 is 1.56 bits per heavy atom. The standard InChI is InChI=1S/C21H36N6O9/c1-3-10(2)17(21(35)36)27-20(34)13(6-8-15(24)29)26-19(33)12(5-7-14(23)28)25-18(32)11(22)4-9-16(30)31/h10-13,17H,3-9,22H2,1-2H3,(H2,23,28)(H2,24,29)(H,25,32)(H,26,33)(H,27,34)(H,30,31)(H,35,36). The van der Waals surface area contributed by atoms with E-state index in [1.54, 1.807) is 13.8 Å². The Labute approximate surface area is 207 Å². The molecule has 5 atom stereocenters. The molecule has 0 saturated heterocycles. The smallest absolute Gasteiger partial charge is 0.326 e. The fourth-order valence-corrected chi connectivity index (χ4v) is 3.01. The van der Waals surface area contributed by atoms with E-state index in [2.05, 4.69) is 16.0 Å². The van der Waals surface area contributed by atoms with E-state index in [9.17, 15) is 38.7 Å². The molecule has 0 saturated carbocycles. The summed E-state index contributed by atoms with van der Waals surface area (Å²) in [5.41, 5.74) is 15.9. The van der Waals surface area contributed by atoms with E-state index in [4.69, 9.17) is 22.3 Å². The van der Waals surface area contributed by atoms with Gasteiger partial charge in [0.2, 0.25) is 29.5 Å². The summed E-state index contributed by atoms with van der Waals surface area (Å²) in [5.74, 6) is -7.18. The first-order valence-corrected chi connectivity index (χ1v) is 11.4. The van der Waals surface area contributed by atoms with Crippen LogP contribution < -0.4 is 33.2 Å². The summed E-state index contributed by atoms with van der Waals surface area (Å²) in [7, 11) is 0. The largest absolute Gasteiger partial charge is 0.481 e. The van der Waals surface area contributed by atoms with E-state index in [0.717, 1.165) is 0 Å². The number of hydrogen-bond donors (Lipinski definition) is 8. The number of carbonyl (C=O) groups excluding carboxylic acids is 5. The molecule has 0 aromatic heterocycles. The van der Waals surface area contributed by atoms with Crippen molar-refractivity contribution in [3.8, 4) is 0 Å². The lowest BCUT2D eigenvalue weighted by atomic mass is 9.98. The first-order valence-electron chi connectivity index (χ1n) is 11.4. The molecular formula is C21H36N6O9. The van der Waals surface area contributed by atoms with Crippen LogP contribution in [0, 0.1) is 5.92 Å². The number of aliphatic carboxylic acids is 2. The highest BCUT2D eigenvalue weighted by Gasteiger charge is 2.32. The molecule has 0 aliphatic rings. The van der Waals surface area contributed by atoms with Crippen LogP contribution >= 0.6 is 0 Å². The molecule has 15 heteroatoms. The van der Waals surface area contributed by atoms with Gasteiger partial charge >= 0.3 is 11.9 Å². The summed E-state index contributed by atoms with van der Waals surface area (Å²) in [4.78, 5) is 82.8. The zero-order valence-corrected chi connectivity index (χ0v) is 20.3. The van der Waals surface area contributed by atoms with Gasteiger partial charge in [0.1, 0.15) is 18.1 Å². The maximum Gasteiger partial charge on any atom is 0.326 e. The van der Waals surface area contributed by atoms with E-state index in [0.29, 0.717) is 6.42 Å². The number of carboxylic acids is 2. The molecule has 15 nitrogen and oxygen atoms in total. The van der Waals surface area contributed by atoms with Gasteiger partial charge in [0.25, 0.3) is 0 Å². The van der Waals surface area contributed by atoms with Gasteiger partial charge in [-0.2, -0.15) is 0 Å². The molecule has 0 spiro atoms. The van der Waals surface area contributed by atoms with E-state index in [1.807, 2.05) is 0 Å². The first kappa shape index (κ1) is 32.2. The third-order valence-corrected chi connectivity index (χ3v) is 5.41. The molecule has 5 amide bonds. The number of primary amides is 2. The number of carbonyl (C=O) groups is 7. The minimum absolute atomic E-state index is 0.221. The number of hydrogen-bond acceptors (Lipinski definition) is 8. The van der Waals surface area contributed by atoms with Crippen molar-refractivity contribution < 1.29 is 43.8 Å². The van der Waals surface area contributed by atoms with Gasteiger partial charge in [-0.15, -0.1) is 0 Å². The molecule has 0 aliphatic carbocycles. The monoisotopic (exact) mass is 516 g/mol. The van der Waals surface area contributed by atoms with Crippen LogP contribution in [0.5, 0.6) is 0 Å². The van der Waals surface area contributed by atoms with Gasteiger partial charge in [-0.05, 0) is 25.2 Å². The maximum atomic E-state index is 12.9. The van der Waals surface area contributed by atoms with Gasteiger partial charge < -0.3 is 43.4 Å². The molecule has 11 N–H and O–H groups in total. The third kappa shape index (κ3) is 12.6. The highest BCUT2D eigenvalue weighted by molar-refractivity contribution is 5.94. The number of nitrogens with one attached hydrogen (secondary N) is 3. The van der Waals surface area contributed by atoms with Crippen LogP contribution in [0.2, 0.25) is 0 Å². The van der Waals surface area contributed by atoms with Crippen molar-refractivity contribution in [3.05, 3.63) is 0 Å². The molecule has 204 valence electrons. The molecule has 0 bridgehead atoms. The highest BCUT2D eigenvalue weighted by atomic mass is 16.4. The molecule has 36 heavy (non-hydrogen) atoms. The van der Waals surface area contributed by atoms with Gasteiger partial charge in [0.15, 0.2) is 0 Å². The molecule has 0 heterocycles. The molecule has 0 aromatic rings. The van der Waals surface area contributed by atoms with Crippen LogP contribution in [0.1, 0.15) is 58.8 Å². The topological polar surface area (TPSA) is 274 Å². The predicted octanol–water partition coefficient (Wildman–Crippen LogP) is -2.71. The summed E-state index contributed by atoms with van der Waals surface area (Å²) in [6, 6.07) is -5.34. The van der Waals surface area contributed by atoms with Crippen LogP contribution in [0.25, 0.3) is 0 Å². The fourth-order valence-electron chi connectivity index (χ4n) is 3.01. The van der Waals surface area contributed by atoms with Crippen molar-refractivity contribution in [2.24, 2.45) is 23.1 Å². The van der Waals surface area contributed by atoms with Gasteiger partial charge in [0.05, 0.1) is 6.04 Å². The van der Waals surface area contributed by atoms with Crippen molar-refractivity contribution in [2.45, 2.75) is 83.0 Å². The zero-order valence-electron chi connectivity index (χ0n) is 20.3. The van der Waals surface area contributed by atoms with Crippen molar-refractivity contribution in [1.29, 1.82) is 0 Å². The molecule has 5 unspecified atom stereocenters. The number of nitrogens with two attached hydrogens (primary N) is 3. The number of carboxylic acid groups (broad SMARTS) is 2. The van der Waals surface area contributed by atoms with E-state index in [-0.39, 0.29) is 32.1 Å². The van der Waals surface area contributed by atoms with Gasteiger partial charge in [-0.25, -0.2) is 4.79 Å². The number of rotatable bonds is 18.